The average molecular weight is 532 g/mol. The van der Waals surface area contributed by atoms with Crippen molar-refractivity contribution in [2.24, 2.45) is 4.99 Å². The molecule has 0 aliphatic rings. The molecular formula is C35H50FN3. The first-order chi connectivity index (χ1) is 18.1. The summed E-state index contributed by atoms with van der Waals surface area (Å²) < 4.78 is 18.4. The molecule has 0 spiro atoms. The maximum Gasteiger partial charge on any atom is 0.161 e. The Morgan fingerprint density at radius 2 is 1.64 bits per heavy atom. The first kappa shape index (κ1) is 32.1. The Labute approximate surface area is 236 Å². The van der Waals surface area contributed by atoms with Gasteiger partial charge in [0, 0.05) is 17.5 Å². The van der Waals surface area contributed by atoms with Crippen LogP contribution in [0.3, 0.4) is 0 Å². The van der Waals surface area contributed by atoms with Gasteiger partial charge in [-0.15, -0.1) is 0 Å². The van der Waals surface area contributed by atoms with Gasteiger partial charge in [-0.05, 0) is 86.3 Å². The van der Waals surface area contributed by atoms with Crippen molar-refractivity contribution in [1.29, 1.82) is 0 Å². The molecule has 3 aromatic rings. The van der Waals surface area contributed by atoms with Gasteiger partial charge in [0.25, 0.3) is 0 Å². The lowest BCUT2D eigenvalue weighted by atomic mass is 9.79. The van der Waals surface area contributed by atoms with E-state index >= 15 is 0 Å². The number of halogens is 1. The van der Waals surface area contributed by atoms with Crippen molar-refractivity contribution in [2.45, 2.75) is 106 Å². The van der Waals surface area contributed by atoms with E-state index in [1.807, 2.05) is 51.4 Å². The van der Waals surface area contributed by atoms with Crippen LogP contribution in [0.4, 0.5) is 4.39 Å². The monoisotopic (exact) mass is 531 g/mol. The van der Waals surface area contributed by atoms with Crippen LogP contribution in [0, 0.1) is 12.7 Å². The molecule has 0 unspecified atom stereocenters. The first-order valence-corrected chi connectivity index (χ1v) is 14.2. The quantitative estimate of drug-likeness (QED) is 0.312. The van der Waals surface area contributed by atoms with E-state index in [9.17, 15) is 4.39 Å². The molecule has 2 aromatic carbocycles. The standard InChI is InChI=1S/C21H28FN3.C14H22/c1-9-17-15(5)24(10-2)25(20(17)23-14(3)4)16-11-12-19(22)18(13-16)21(6,7)8;1-6-12-10-11(3)8-9-13(12)14(4,5)7-2/h9,11-13H,3,5,10H2,1-2,4,6-8H3;8-10H,6-7H2,1-5H3/b17-9-,23-20?;. The minimum Gasteiger partial charge on any atom is -0.280 e. The Hall–Kier alpha value is -3.14. The fraction of sp³-hybridized carbons (Fsp3) is 0.457. The molecule has 0 bridgehead atoms. The van der Waals surface area contributed by atoms with Crippen LogP contribution < -0.4 is 16.1 Å². The summed E-state index contributed by atoms with van der Waals surface area (Å²) in [7, 11) is 0. The molecule has 0 atom stereocenters. The van der Waals surface area contributed by atoms with Crippen molar-refractivity contribution >= 4 is 12.7 Å². The second-order valence-corrected chi connectivity index (χ2v) is 12.0. The number of allylic oxidation sites excluding steroid dienone is 1. The lowest BCUT2D eigenvalue weighted by Gasteiger charge is -2.26. The summed E-state index contributed by atoms with van der Waals surface area (Å²) in [5, 5.41) is 1.85. The van der Waals surface area contributed by atoms with E-state index in [4.69, 9.17) is 0 Å². The predicted molar refractivity (Wildman–Crippen MR) is 167 cm³/mol. The molecular weight excluding hydrogens is 481 g/mol. The molecule has 212 valence electrons. The van der Waals surface area contributed by atoms with E-state index in [-0.39, 0.29) is 11.2 Å². The van der Waals surface area contributed by atoms with Crippen LogP contribution in [-0.2, 0) is 23.8 Å². The second kappa shape index (κ2) is 12.8. The van der Waals surface area contributed by atoms with E-state index in [0.29, 0.717) is 16.7 Å². The molecule has 0 saturated heterocycles. The summed E-state index contributed by atoms with van der Waals surface area (Å²) in [4.78, 5) is 4.63. The van der Waals surface area contributed by atoms with Crippen molar-refractivity contribution in [3.05, 3.63) is 92.8 Å². The molecule has 0 N–H and O–H groups in total. The Bertz CT molecular complexity index is 1490. The van der Waals surface area contributed by atoms with Crippen molar-refractivity contribution in [2.75, 3.05) is 0 Å². The minimum absolute atomic E-state index is 0.193. The van der Waals surface area contributed by atoms with Gasteiger partial charge in [0.1, 0.15) is 5.82 Å². The van der Waals surface area contributed by atoms with E-state index in [1.54, 1.807) is 6.07 Å². The number of hydrogen-bond acceptors (Lipinski definition) is 1. The Morgan fingerprint density at radius 1 is 1.00 bits per heavy atom. The van der Waals surface area contributed by atoms with E-state index in [1.165, 1.54) is 29.2 Å². The molecule has 0 amide bonds. The molecule has 3 nitrogen and oxygen atoms in total. The number of hydrogen-bond donors (Lipinski definition) is 0. The van der Waals surface area contributed by atoms with Crippen LogP contribution in [0.1, 0.15) is 97.9 Å². The van der Waals surface area contributed by atoms with Crippen molar-refractivity contribution < 1.29 is 4.39 Å². The van der Waals surface area contributed by atoms with Gasteiger partial charge in [-0.25, -0.2) is 14.1 Å². The summed E-state index contributed by atoms with van der Waals surface area (Å²) in [5.41, 5.74) is 7.46. The smallest absolute Gasteiger partial charge is 0.161 e. The molecule has 0 aliphatic carbocycles. The van der Waals surface area contributed by atoms with Crippen LogP contribution in [0.2, 0.25) is 0 Å². The largest absolute Gasteiger partial charge is 0.280 e. The zero-order valence-corrected chi connectivity index (χ0v) is 26.3. The number of aromatic nitrogens is 2. The summed E-state index contributed by atoms with van der Waals surface area (Å²) in [6.07, 6.45) is 4.34. The van der Waals surface area contributed by atoms with Gasteiger partial charge in [-0.2, -0.15) is 0 Å². The molecule has 4 heteroatoms. The van der Waals surface area contributed by atoms with E-state index in [2.05, 4.69) is 82.6 Å². The van der Waals surface area contributed by atoms with Gasteiger partial charge in [0.2, 0.25) is 0 Å². The molecule has 0 radical (unpaired) electrons. The molecule has 0 fully saturated rings. The van der Waals surface area contributed by atoms with Gasteiger partial charge in [-0.3, -0.25) is 4.68 Å². The molecule has 39 heavy (non-hydrogen) atoms. The van der Waals surface area contributed by atoms with Crippen LogP contribution in [0.15, 0.2) is 53.7 Å². The summed E-state index contributed by atoms with van der Waals surface area (Å²) in [6.45, 7) is 32.1. The minimum atomic E-state index is -0.289. The normalized spacial score (nSPS) is 12.9. The van der Waals surface area contributed by atoms with Crippen molar-refractivity contribution in [3.8, 4) is 5.69 Å². The van der Waals surface area contributed by atoms with Crippen LogP contribution in [-0.4, -0.2) is 9.36 Å². The summed E-state index contributed by atoms with van der Waals surface area (Å²) in [6, 6.07) is 12.1. The third-order valence-corrected chi connectivity index (χ3v) is 7.45. The van der Waals surface area contributed by atoms with Gasteiger partial charge in [0.05, 0.1) is 11.0 Å². The highest BCUT2D eigenvalue weighted by atomic mass is 19.1. The Kier molecular flexibility index (Phi) is 10.5. The first-order valence-electron chi connectivity index (χ1n) is 14.2. The lowest BCUT2D eigenvalue weighted by molar-refractivity contribution is 0.501. The van der Waals surface area contributed by atoms with Crippen molar-refractivity contribution in [3.63, 3.8) is 0 Å². The zero-order chi connectivity index (χ0) is 29.7. The molecule has 0 saturated carbocycles. The van der Waals surface area contributed by atoms with Crippen LogP contribution in [0.25, 0.3) is 18.3 Å². The summed E-state index contributed by atoms with van der Waals surface area (Å²) in [5.74, 6) is -0.193. The number of nitrogens with zero attached hydrogens (tertiary/aromatic N) is 3. The highest BCUT2D eigenvalue weighted by Gasteiger charge is 2.21. The molecule has 1 heterocycles. The lowest BCUT2D eigenvalue weighted by Crippen LogP contribution is -2.35. The van der Waals surface area contributed by atoms with Gasteiger partial charge in [-0.1, -0.05) is 91.5 Å². The number of rotatable bonds is 6. The maximum absolute atomic E-state index is 14.4. The topological polar surface area (TPSA) is 22.2 Å². The predicted octanol–water partition coefficient (Wildman–Crippen LogP) is 7.63. The third-order valence-electron chi connectivity index (χ3n) is 7.45. The Morgan fingerprint density at radius 3 is 2.13 bits per heavy atom. The third kappa shape index (κ3) is 7.29. The summed E-state index contributed by atoms with van der Waals surface area (Å²) >= 11 is 0. The Balaban J connectivity index is 0.000000322. The van der Waals surface area contributed by atoms with Gasteiger partial charge in [0.15, 0.2) is 5.49 Å². The maximum atomic E-state index is 14.4. The molecule has 3 rings (SSSR count). The van der Waals surface area contributed by atoms with E-state index < -0.39 is 0 Å². The average Bonchev–Trinajstić information content (AvgIpc) is 3.13. The SMILES string of the molecule is C=C(C)N=c1/c(=C\C)c(=C)n(CC)n1-c1ccc(F)c(C(C)(C)C)c1.CCc1cc(C)ccc1C(C)(C)CC. The van der Waals surface area contributed by atoms with Crippen LogP contribution >= 0.6 is 0 Å². The fourth-order valence-corrected chi connectivity index (χ4v) is 4.88. The molecule has 0 aliphatic heterocycles. The van der Waals surface area contributed by atoms with Gasteiger partial charge >= 0.3 is 0 Å². The highest BCUT2D eigenvalue weighted by molar-refractivity contribution is 5.40. The van der Waals surface area contributed by atoms with Gasteiger partial charge < -0.3 is 0 Å². The fourth-order valence-electron chi connectivity index (χ4n) is 4.88. The van der Waals surface area contributed by atoms with Crippen molar-refractivity contribution in [1.82, 2.24) is 9.36 Å². The molecule has 1 aromatic heterocycles. The zero-order valence-electron chi connectivity index (χ0n) is 26.3. The number of aryl methyl sites for hydroxylation is 2. The number of benzene rings is 2. The van der Waals surface area contributed by atoms with E-state index in [0.717, 1.165) is 34.7 Å². The highest BCUT2D eigenvalue weighted by Crippen LogP contribution is 2.30. The second-order valence-electron chi connectivity index (χ2n) is 12.0. The van der Waals surface area contributed by atoms with Crippen LogP contribution in [0.5, 0.6) is 0 Å².